The zero-order valence-electron chi connectivity index (χ0n) is 19.2. The van der Waals surface area contributed by atoms with Crippen molar-refractivity contribution >= 4 is 17.7 Å². The molecule has 0 unspecified atom stereocenters. The average molecular weight is 433 g/mol. The number of thioether (sulfide) groups is 1. The van der Waals surface area contributed by atoms with Crippen LogP contribution in [0.1, 0.15) is 37.2 Å². The SMILES string of the molecule is CN=C(NCCCc1nnc(SC)n1CC(C)C)NCCc1cc(C)ccc1OC. The van der Waals surface area contributed by atoms with E-state index in [-0.39, 0.29) is 0 Å². The smallest absolute Gasteiger partial charge is 0.190 e. The lowest BCUT2D eigenvalue weighted by atomic mass is 10.1. The first-order valence-electron chi connectivity index (χ1n) is 10.5. The summed E-state index contributed by atoms with van der Waals surface area (Å²) in [4.78, 5) is 4.32. The second-order valence-corrected chi connectivity index (χ2v) is 8.48. The first-order valence-corrected chi connectivity index (χ1v) is 11.7. The standard InChI is InChI=1S/C22H36N6OS/c1-16(2)15-28-20(26-27-22(28)30-6)8-7-12-24-21(23-4)25-13-11-18-14-17(3)9-10-19(18)29-5/h9-10,14,16H,7-8,11-13,15H2,1-6H3,(H2,23,24,25). The summed E-state index contributed by atoms with van der Waals surface area (Å²) in [7, 11) is 3.51. The van der Waals surface area contributed by atoms with Gasteiger partial charge in [0.15, 0.2) is 11.1 Å². The topological polar surface area (TPSA) is 76.4 Å². The van der Waals surface area contributed by atoms with E-state index < -0.39 is 0 Å². The zero-order valence-corrected chi connectivity index (χ0v) is 20.0. The Morgan fingerprint density at radius 2 is 1.97 bits per heavy atom. The first-order chi connectivity index (χ1) is 14.5. The highest BCUT2D eigenvalue weighted by atomic mass is 32.2. The summed E-state index contributed by atoms with van der Waals surface area (Å²) in [5.74, 6) is 3.37. The van der Waals surface area contributed by atoms with Gasteiger partial charge in [-0.15, -0.1) is 10.2 Å². The Morgan fingerprint density at radius 3 is 2.63 bits per heavy atom. The summed E-state index contributed by atoms with van der Waals surface area (Å²) in [5, 5.41) is 16.5. The molecule has 0 bridgehead atoms. The maximum atomic E-state index is 5.46. The maximum absolute atomic E-state index is 5.46. The number of guanidine groups is 1. The molecular formula is C22H36N6OS. The van der Waals surface area contributed by atoms with Crippen LogP contribution in [0.15, 0.2) is 28.3 Å². The highest BCUT2D eigenvalue weighted by Gasteiger charge is 2.12. The predicted molar refractivity (Wildman–Crippen MR) is 126 cm³/mol. The number of hydrogen-bond acceptors (Lipinski definition) is 5. The van der Waals surface area contributed by atoms with Crippen molar-refractivity contribution in [1.29, 1.82) is 0 Å². The Labute approximate surface area is 185 Å². The van der Waals surface area contributed by atoms with Crippen LogP contribution in [0.25, 0.3) is 0 Å². The molecule has 0 fully saturated rings. The normalized spacial score (nSPS) is 11.8. The molecule has 1 aromatic carbocycles. The lowest BCUT2D eigenvalue weighted by Gasteiger charge is -2.14. The molecule has 0 amide bonds. The summed E-state index contributed by atoms with van der Waals surface area (Å²) in [6.07, 6.45) is 4.79. The molecule has 2 N–H and O–H groups in total. The summed E-state index contributed by atoms with van der Waals surface area (Å²) >= 11 is 1.65. The molecular weight excluding hydrogens is 396 g/mol. The molecule has 30 heavy (non-hydrogen) atoms. The molecule has 0 saturated heterocycles. The predicted octanol–water partition coefficient (Wildman–Crippen LogP) is 3.31. The monoisotopic (exact) mass is 432 g/mol. The van der Waals surface area contributed by atoms with Crippen LogP contribution in [0.2, 0.25) is 0 Å². The van der Waals surface area contributed by atoms with Gasteiger partial charge in [-0.25, -0.2) is 0 Å². The molecule has 2 rings (SSSR count). The third-order valence-electron chi connectivity index (χ3n) is 4.74. The molecule has 8 heteroatoms. The highest BCUT2D eigenvalue weighted by Crippen LogP contribution is 2.20. The third-order valence-corrected chi connectivity index (χ3v) is 5.41. The van der Waals surface area contributed by atoms with E-state index in [1.54, 1.807) is 25.9 Å². The number of aryl methyl sites for hydroxylation is 2. The van der Waals surface area contributed by atoms with Gasteiger partial charge in [0.2, 0.25) is 0 Å². The molecule has 0 atom stereocenters. The van der Waals surface area contributed by atoms with E-state index in [2.05, 4.69) is 63.3 Å². The van der Waals surface area contributed by atoms with Gasteiger partial charge < -0.3 is 19.9 Å². The molecule has 7 nitrogen and oxygen atoms in total. The number of aliphatic imine (C=N–C) groups is 1. The fourth-order valence-corrected chi connectivity index (χ4v) is 3.82. The number of nitrogens with zero attached hydrogens (tertiary/aromatic N) is 4. The number of methoxy groups -OCH3 is 1. The van der Waals surface area contributed by atoms with Crippen molar-refractivity contribution < 1.29 is 4.74 Å². The molecule has 0 aliphatic rings. The van der Waals surface area contributed by atoms with Crippen molar-refractivity contribution in [3.63, 3.8) is 0 Å². The van der Waals surface area contributed by atoms with E-state index in [1.165, 1.54) is 11.1 Å². The molecule has 0 spiro atoms. The van der Waals surface area contributed by atoms with Gasteiger partial charge >= 0.3 is 0 Å². The van der Waals surface area contributed by atoms with Crippen LogP contribution >= 0.6 is 11.8 Å². The summed E-state index contributed by atoms with van der Waals surface area (Å²) in [5.41, 5.74) is 2.44. The molecule has 0 aliphatic carbocycles. The number of nitrogens with one attached hydrogen (secondary N) is 2. The zero-order chi connectivity index (χ0) is 21.9. The van der Waals surface area contributed by atoms with Crippen molar-refractivity contribution in [3.05, 3.63) is 35.2 Å². The van der Waals surface area contributed by atoms with E-state index >= 15 is 0 Å². The summed E-state index contributed by atoms with van der Waals surface area (Å²) in [6.45, 7) is 9.11. The van der Waals surface area contributed by atoms with Gasteiger partial charge in [-0.2, -0.15) is 0 Å². The Bertz CT molecular complexity index is 818. The van der Waals surface area contributed by atoms with Gasteiger partial charge in [-0.1, -0.05) is 43.3 Å². The van der Waals surface area contributed by atoms with E-state index in [0.717, 1.165) is 61.6 Å². The van der Waals surface area contributed by atoms with Crippen LogP contribution in [-0.2, 0) is 19.4 Å². The minimum Gasteiger partial charge on any atom is -0.496 e. The van der Waals surface area contributed by atoms with Gasteiger partial charge in [0.05, 0.1) is 7.11 Å². The van der Waals surface area contributed by atoms with Gasteiger partial charge in [0, 0.05) is 33.1 Å². The van der Waals surface area contributed by atoms with Crippen LogP contribution in [-0.4, -0.2) is 54.2 Å². The lowest BCUT2D eigenvalue weighted by molar-refractivity contribution is 0.409. The summed E-state index contributed by atoms with van der Waals surface area (Å²) in [6, 6.07) is 6.27. The first kappa shape index (κ1) is 24.1. The van der Waals surface area contributed by atoms with E-state index in [4.69, 9.17) is 4.74 Å². The van der Waals surface area contributed by atoms with E-state index in [0.29, 0.717) is 5.92 Å². The molecule has 0 saturated carbocycles. The maximum Gasteiger partial charge on any atom is 0.190 e. The minimum absolute atomic E-state index is 0.568. The van der Waals surface area contributed by atoms with Crippen molar-refractivity contribution in [2.45, 2.75) is 51.7 Å². The lowest BCUT2D eigenvalue weighted by Crippen LogP contribution is -2.38. The van der Waals surface area contributed by atoms with Crippen molar-refractivity contribution in [2.24, 2.45) is 10.9 Å². The molecule has 2 aromatic rings. The fraction of sp³-hybridized carbons (Fsp3) is 0.591. The van der Waals surface area contributed by atoms with Crippen molar-refractivity contribution in [3.8, 4) is 5.75 Å². The Balaban J connectivity index is 1.78. The van der Waals surface area contributed by atoms with Gasteiger partial charge in [-0.05, 0) is 43.6 Å². The Hall–Kier alpha value is -2.22. The number of ether oxygens (including phenoxy) is 1. The van der Waals surface area contributed by atoms with Crippen LogP contribution in [0.4, 0.5) is 0 Å². The van der Waals surface area contributed by atoms with E-state index in [9.17, 15) is 0 Å². The van der Waals surface area contributed by atoms with Crippen molar-refractivity contribution in [2.75, 3.05) is 33.5 Å². The highest BCUT2D eigenvalue weighted by molar-refractivity contribution is 7.98. The molecule has 166 valence electrons. The molecule has 1 aromatic heterocycles. The number of rotatable bonds is 11. The van der Waals surface area contributed by atoms with Gasteiger partial charge in [-0.3, -0.25) is 4.99 Å². The number of aromatic nitrogens is 3. The molecule has 1 heterocycles. The number of benzene rings is 1. The Morgan fingerprint density at radius 1 is 1.20 bits per heavy atom. The fourth-order valence-electron chi connectivity index (χ4n) is 3.30. The Kier molecular flexibility index (Phi) is 10.00. The van der Waals surface area contributed by atoms with Crippen LogP contribution in [0, 0.1) is 12.8 Å². The van der Waals surface area contributed by atoms with E-state index in [1.807, 2.05) is 12.3 Å². The number of hydrogen-bond donors (Lipinski definition) is 2. The van der Waals surface area contributed by atoms with Gasteiger partial charge in [0.1, 0.15) is 11.6 Å². The minimum atomic E-state index is 0.568. The quantitative estimate of drug-likeness (QED) is 0.246. The largest absolute Gasteiger partial charge is 0.496 e. The van der Waals surface area contributed by atoms with Crippen LogP contribution in [0.5, 0.6) is 5.75 Å². The van der Waals surface area contributed by atoms with Crippen LogP contribution < -0.4 is 15.4 Å². The summed E-state index contributed by atoms with van der Waals surface area (Å²) < 4.78 is 7.71. The van der Waals surface area contributed by atoms with Crippen molar-refractivity contribution in [1.82, 2.24) is 25.4 Å². The average Bonchev–Trinajstić information content (AvgIpc) is 3.10. The second kappa shape index (κ2) is 12.5. The van der Waals surface area contributed by atoms with Crippen LogP contribution in [0.3, 0.4) is 0 Å². The van der Waals surface area contributed by atoms with Gasteiger partial charge in [0.25, 0.3) is 0 Å². The molecule has 0 radical (unpaired) electrons. The second-order valence-electron chi connectivity index (χ2n) is 7.70. The molecule has 0 aliphatic heterocycles. The third kappa shape index (κ3) is 7.23.